The van der Waals surface area contributed by atoms with Crippen molar-refractivity contribution < 1.29 is 14.2 Å². The highest BCUT2D eigenvalue weighted by atomic mass is 79.9. The minimum Gasteiger partial charge on any atom is -0.493 e. The van der Waals surface area contributed by atoms with Gasteiger partial charge in [0.2, 0.25) is 0 Å². The van der Waals surface area contributed by atoms with E-state index >= 15 is 0 Å². The van der Waals surface area contributed by atoms with Crippen molar-refractivity contribution in [3.05, 3.63) is 63.4 Å². The third-order valence-electron chi connectivity index (χ3n) is 3.79. The summed E-state index contributed by atoms with van der Waals surface area (Å²) in [7, 11) is 0. The maximum absolute atomic E-state index is 13.8. The number of hydrogen-bond acceptors (Lipinski definition) is 2. The Kier molecular flexibility index (Phi) is 4.27. The highest BCUT2D eigenvalue weighted by Crippen LogP contribution is 2.30. The lowest BCUT2D eigenvalue weighted by atomic mass is 9.99. The van der Waals surface area contributed by atoms with Crippen molar-refractivity contribution in [2.45, 2.75) is 25.4 Å². The Bertz CT molecular complexity index is 637. The molecule has 3 rings (SSSR count). The van der Waals surface area contributed by atoms with Crippen LogP contribution in [0.2, 0.25) is 0 Å². The Morgan fingerprint density at radius 1 is 1.29 bits per heavy atom. The van der Waals surface area contributed by atoms with Crippen LogP contribution in [0.3, 0.4) is 0 Å². The van der Waals surface area contributed by atoms with Crippen molar-refractivity contribution in [3.8, 4) is 5.75 Å². The molecule has 0 bridgehead atoms. The second-order valence-corrected chi connectivity index (χ2v) is 6.08. The number of benzene rings is 2. The predicted octanol–water partition coefficient (Wildman–Crippen LogP) is 4.19. The lowest BCUT2D eigenvalue weighted by Crippen LogP contribution is -2.03. The van der Waals surface area contributed by atoms with E-state index in [2.05, 4.69) is 22.0 Å². The maximum Gasteiger partial charge on any atom is 0.130 e. The lowest BCUT2D eigenvalue weighted by Gasteiger charge is -2.14. The molecule has 0 aliphatic carbocycles. The Morgan fingerprint density at radius 2 is 2.14 bits per heavy atom. The monoisotopic (exact) mass is 350 g/mol. The molecule has 0 amide bonds. The quantitative estimate of drug-likeness (QED) is 0.895. The van der Waals surface area contributed by atoms with Gasteiger partial charge in [0.25, 0.3) is 0 Å². The number of hydrogen-bond donors (Lipinski definition) is 1. The zero-order chi connectivity index (χ0) is 14.8. The molecule has 110 valence electrons. The molecule has 1 unspecified atom stereocenters. The first-order valence-electron chi connectivity index (χ1n) is 7.02. The zero-order valence-corrected chi connectivity index (χ0v) is 13.1. The van der Waals surface area contributed by atoms with Gasteiger partial charge in [0.1, 0.15) is 11.6 Å². The molecule has 0 fully saturated rings. The van der Waals surface area contributed by atoms with Crippen LogP contribution in [0.4, 0.5) is 4.39 Å². The van der Waals surface area contributed by atoms with Crippen molar-refractivity contribution in [3.63, 3.8) is 0 Å². The van der Waals surface area contributed by atoms with E-state index in [0.717, 1.165) is 24.3 Å². The molecule has 0 saturated heterocycles. The summed E-state index contributed by atoms with van der Waals surface area (Å²) in [6, 6.07) is 10.8. The molecular weight excluding hydrogens is 335 g/mol. The van der Waals surface area contributed by atoms with E-state index in [1.165, 1.54) is 11.6 Å². The molecule has 0 spiro atoms. The molecule has 0 saturated carbocycles. The molecule has 4 heteroatoms. The fourth-order valence-corrected chi connectivity index (χ4v) is 3.28. The Hall–Kier alpha value is -1.39. The molecule has 0 radical (unpaired) electrons. The SMILES string of the molecule is OC(CCc1ccc2c(c1)CCO2)c1c(F)cccc1Br. The van der Waals surface area contributed by atoms with Gasteiger partial charge in [-0.05, 0) is 42.2 Å². The number of rotatable bonds is 4. The minimum atomic E-state index is -0.815. The molecule has 2 nitrogen and oxygen atoms in total. The number of halogens is 2. The van der Waals surface area contributed by atoms with Gasteiger partial charge in [-0.1, -0.05) is 34.1 Å². The van der Waals surface area contributed by atoms with Gasteiger partial charge in [-0.3, -0.25) is 0 Å². The summed E-state index contributed by atoms with van der Waals surface area (Å²) in [4.78, 5) is 0. The molecule has 0 aromatic heterocycles. The van der Waals surface area contributed by atoms with Gasteiger partial charge in [-0.25, -0.2) is 4.39 Å². The summed E-state index contributed by atoms with van der Waals surface area (Å²) in [5, 5.41) is 10.2. The molecule has 1 aliphatic heterocycles. The second-order valence-electron chi connectivity index (χ2n) is 5.23. The molecule has 2 aromatic carbocycles. The topological polar surface area (TPSA) is 29.5 Å². The molecular formula is C17H16BrFO2. The zero-order valence-electron chi connectivity index (χ0n) is 11.5. The van der Waals surface area contributed by atoms with Crippen molar-refractivity contribution in [2.75, 3.05) is 6.61 Å². The summed E-state index contributed by atoms with van der Waals surface area (Å²) in [6.45, 7) is 0.740. The van der Waals surface area contributed by atoms with E-state index in [0.29, 0.717) is 22.9 Å². The van der Waals surface area contributed by atoms with Crippen LogP contribution in [-0.4, -0.2) is 11.7 Å². The van der Waals surface area contributed by atoms with Crippen molar-refractivity contribution in [1.82, 2.24) is 0 Å². The first kappa shape index (κ1) is 14.5. The van der Waals surface area contributed by atoms with E-state index in [-0.39, 0.29) is 5.82 Å². The highest BCUT2D eigenvalue weighted by Gasteiger charge is 2.17. The van der Waals surface area contributed by atoms with Crippen LogP contribution in [0.5, 0.6) is 5.75 Å². The van der Waals surface area contributed by atoms with Gasteiger partial charge in [0, 0.05) is 16.5 Å². The average molecular weight is 351 g/mol. The van der Waals surface area contributed by atoms with Crippen LogP contribution < -0.4 is 4.74 Å². The van der Waals surface area contributed by atoms with Crippen LogP contribution in [-0.2, 0) is 12.8 Å². The summed E-state index contributed by atoms with van der Waals surface area (Å²) >= 11 is 3.30. The molecule has 2 aromatic rings. The Morgan fingerprint density at radius 3 is 2.95 bits per heavy atom. The van der Waals surface area contributed by atoms with Gasteiger partial charge in [-0.15, -0.1) is 0 Å². The fraction of sp³-hybridized carbons (Fsp3) is 0.294. The largest absolute Gasteiger partial charge is 0.493 e. The standard InChI is InChI=1S/C17H16BrFO2/c18-13-2-1-3-14(19)17(13)15(20)6-4-11-5-7-16-12(10-11)8-9-21-16/h1-3,5,7,10,15,20H,4,6,8-9H2. The number of ether oxygens (including phenoxy) is 1. The van der Waals surface area contributed by atoms with E-state index in [1.54, 1.807) is 12.1 Å². The third-order valence-corrected chi connectivity index (χ3v) is 4.48. The van der Waals surface area contributed by atoms with Gasteiger partial charge >= 0.3 is 0 Å². The van der Waals surface area contributed by atoms with E-state index < -0.39 is 6.10 Å². The van der Waals surface area contributed by atoms with Gasteiger partial charge in [-0.2, -0.15) is 0 Å². The number of aryl methyl sites for hydroxylation is 1. The second kappa shape index (κ2) is 6.16. The Labute approximate surface area is 131 Å². The average Bonchev–Trinajstić information content (AvgIpc) is 2.92. The molecule has 1 heterocycles. The summed E-state index contributed by atoms with van der Waals surface area (Å²) in [5.41, 5.74) is 2.70. The summed E-state index contributed by atoms with van der Waals surface area (Å²) in [5.74, 6) is 0.579. The number of aliphatic hydroxyl groups excluding tert-OH is 1. The first-order valence-corrected chi connectivity index (χ1v) is 7.81. The normalized spacial score (nSPS) is 14.6. The number of fused-ring (bicyclic) bond motifs is 1. The van der Waals surface area contributed by atoms with E-state index in [4.69, 9.17) is 4.74 Å². The van der Waals surface area contributed by atoms with E-state index in [1.807, 2.05) is 12.1 Å². The molecule has 21 heavy (non-hydrogen) atoms. The summed E-state index contributed by atoms with van der Waals surface area (Å²) in [6.07, 6.45) is 1.31. The van der Waals surface area contributed by atoms with Crippen LogP contribution in [0, 0.1) is 5.82 Å². The first-order chi connectivity index (χ1) is 10.1. The third kappa shape index (κ3) is 3.11. The van der Waals surface area contributed by atoms with Crippen LogP contribution in [0.25, 0.3) is 0 Å². The van der Waals surface area contributed by atoms with Crippen molar-refractivity contribution >= 4 is 15.9 Å². The smallest absolute Gasteiger partial charge is 0.130 e. The predicted molar refractivity (Wildman–Crippen MR) is 83.0 cm³/mol. The lowest BCUT2D eigenvalue weighted by molar-refractivity contribution is 0.162. The van der Waals surface area contributed by atoms with Crippen molar-refractivity contribution in [1.29, 1.82) is 0 Å². The van der Waals surface area contributed by atoms with Gasteiger partial charge in [0.15, 0.2) is 0 Å². The Balaban J connectivity index is 1.70. The number of aliphatic hydroxyl groups is 1. The maximum atomic E-state index is 13.8. The van der Waals surface area contributed by atoms with E-state index in [9.17, 15) is 9.50 Å². The molecule has 1 atom stereocenters. The summed E-state index contributed by atoms with van der Waals surface area (Å²) < 4.78 is 19.9. The van der Waals surface area contributed by atoms with Gasteiger partial charge < -0.3 is 9.84 Å². The molecule has 1 N–H and O–H groups in total. The van der Waals surface area contributed by atoms with Crippen LogP contribution in [0.15, 0.2) is 40.9 Å². The highest BCUT2D eigenvalue weighted by molar-refractivity contribution is 9.10. The van der Waals surface area contributed by atoms with Crippen LogP contribution >= 0.6 is 15.9 Å². The minimum absolute atomic E-state index is 0.335. The van der Waals surface area contributed by atoms with Crippen molar-refractivity contribution in [2.24, 2.45) is 0 Å². The van der Waals surface area contributed by atoms with Crippen LogP contribution in [0.1, 0.15) is 29.2 Å². The van der Waals surface area contributed by atoms with Gasteiger partial charge in [0.05, 0.1) is 12.7 Å². The molecule has 1 aliphatic rings. The fourth-order valence-electron chi connectivity index (χ4n) is 2.67.